The summed E-state index contributed by atoms with van der Waals surface area (Å²) >= 11 is 0. The molecule has 2 aliphatic carbocycles. The summed E-state index contributed by atoms with van der Waals surface area (Å²) in [4.78, 5) is 58.9. The Kier molecular flexibility index (Phi) is 11.0. The fourth-order valence-corrected chi connectivity index (χ4v) is 6.90. The van der Waals surface area contributed by atoms with Crippen LogP contribution in [0, 0.1) is 18.8 Å². The lowest BCUT2D eigenvalue weighted by Gasteiger charge is -2.32. The van der Waals surface area contributed by atoms with E-state index in [-0.39, 0.29) is 36.1 Å². The van der Waals surface area contributed by atoms with E-state index in [4.69, 9.17) is 10.5 Å². The van der Waals surface area contributed by atoms with Crippen molar-refractivity contribution in [3.63, 3.8) is 0 Å². The minimum Gasteiger partial charge on any atom is -0.444 e. The first kappa shape index (κ1) is 36.7. The molecule has 5 N–H and O–H groups in total. The van der Waals surface area contributed by atoms with Crippen LogP contribution in [0.15, 0.2) is 60.8 Å². The zero-order valence-electron chi connectivity index (χ0n) is 30.4. The number of imide groups is 1. The summed E-state index contributed by atoms with van der Waals surface area (Å²) in [6, 6.07) is 16.0. The molecule has 2 fully saturated rings. The number of nitrogens with one attached hydrogen (secondary N) is 3. The van der Waals surface area contributed by atoms with Crippen molar-refractivity contribution >= 4 is 40.4 Å². The SMILES string of the molecule is Cc1nc(C(=O)NC2CCC2)ccc1-c1ccc(C[C@H](N)C(=O)N(c2ccc3cn[nH]c3c2)C(=O)[C@H]2CC[C@H](CNC(=O)OC(C)(C)C)CC2)cc1. The number of H-pyrrole nitrogens is 1. The molecule has 2 aromatic carbocycles. The first-order valence-electron chi connectivity index (χ1n) is 18.3. The zero-order valence-corrected chi connectivity index (χ0v) is 30.4. The van der Waals surface area contributed by atoms with Crippen LogP contribution in [0.1, 0.15) is 87.5 Å². The van der Waals surface area contributed by atoms with Gasteiger partial charge >= 0.3 is 6.09 Å². The van der Waals surface area contributed by atoms with Crippen LogP contribution in [-0.2, 0) is 20.7 Å². The maximum absolute atomic E-state index is 14.2. The van der Waals surface area contributed by atoms with Gasteiger partial charge < -0.3 is 21.1 Å². The zero-order chi connectivity index (χ0) is 37.0. The fourth-order valence-electron chi connectivity index (χ4n) is 6.90. The number of benzene rings is 2. The number of rotatable bonds is 10. The highest BCUT2D eigenvalue weighted by Crippen LogP contribution is 2.33. The third kappa shape index (κ3) is 8.85. The Morgan fingerprint density at radius 1 is 0.981 bits per heavy atom. The van der Waals surface area contributed by atoms with E-state index in [1.807, 2.05) is 64.1 Å². The molecule has 0 unspecified atom stereocenters. The number of aromatic amines is 1. The maximum Gasteiger partial charge on any atom is 0.407 e. The fraction of sp³-hybridized carbons (Fsp3) is 0.450. The second kappa shape index (κ2) is 15.6. The highest BCUT2D eigenvalue weighted by atomic mass is 16.6. The van der Waals surface area contributed by atoms with Crippen LogP contribution in [0.5, 0.6) is 0 Å². The summed E-state index contributed by atoms with van der Waals surface area (Å²) in [6.07, 6.45) is 7.28. The summed E-state index contributed by atoms with van der Waals surface area (Å²) in [6.45, 7) is 7.82. The maximum atomic E-state index is 14.2. The third-order valence-electron chi connectivity index (χ3n) is 10.1. The molecule has 0 spiro atoms. The lowest BCUT2D eigenvalue weighted by molar-refractivity contribution is -0.130. The Morgan fingerprint density at radius 3 is 2.37 bits per heavy atom. The van der Waals surface area contributed by atoms with Crippen LogP contribution in [0.2, 0.25) is 0 Å². The summed E-state index contributed by atoms with van der Waals surface area (Å²) in [5.74, 6) is -1.05. The molecule has 1 atom stereocenters. The molecular weight excluding hydrogens is 658 g/mol. The van der Waals surface area contributed by atoms with E-state index in [0.29, 0.717) is 36.3 Å². The largest absolute Gasteiger partial charge is 0.444 e. The molecule has 2 aromatic heterocycles. The molecule has 2 heterocycles. The van der Waals surface area contributed by atoms with Crippen molar-refractivity contribution in [1.82, 2.24) is 25.8 Å². The van der Waals surface area contributed by atoms with Gasteiger partial charge in [0, 0.05) is 35.1 Å². The van der Waals surface area contributed by atoms with Gasteiger partial charge in [0.15, 0.2) is 0 Å². The van der Waals surface area contributed by atoms with Crippen LogP contribution in [-0.4, -0.2) is 63.2 Å². The van der Waals surface area contributed by atoms with Crippen LogP contribution in [0.4, 0.5) is 10.5 Å². The van der Waals surface area contributed by atoms with Gasteiger partial charge in [0.1, 0.15) is 11.3 Å². The van der Waals surface area contributed by atoms with Crippen LogP contribution in [0.25, 0.3) is 22.0 Å². The standard InChI is InChI=1S/C40H49N7O5/c1-24-32(18-19-34(44-24)36(48)45-30-6-5-7-30)27-12-8-25(9-13-27)20-33(41)38(50)47(31-17-16-29-23-43-46-35(29)21-31)37(49)28-14-10-26(11-15-28)22-42-39(51)52-40(2,3)4/h8-9,12-13,16-19,21,23,26,28,30,33H,5-7,10-11,14-15,20,22,41H2,1-4H3,(H,42,51)(H,43,46)(H,45,48)/t26-,28-,33-/m0/s1. The smallest absolute Gasteiger partial charge is 0.407 e. The number of carbonyl (C=O) groups excluding carboxylic acids is 4. The number of pyridine rings is 1. The second-order valence-electron chi connectivity index (χ2n) is 15.2. The Hall–Kier alpha value is -5.10. The molecule has 4 aromatic rings. The van der Waals surface area contributed by atoms with Gasteiger partial charge in [-0.2, -0.15) is 5.10 Å². The molecule has 52 heavy (non-hydrogen) atoms. The number of nitrogens with two attached hydrogens (primary N) is 1. The minimum atomic E-state index is -0.974. The molecule has 4 amide bonds. The molecule has 0 saturated heterocycles. The van der Waals surface area contributed by atoms with E-state index in [9.17, 15) is 19.2 Å². The van der Waals surface area contributed by atoms with Gasteiger partial charge in [-0.1, -0.05) is 30.3 Å². The summed E-state index contributed by atoms with van der Waals surface area (Å²) in [7, 11) is 0. The number of alkyl carbamates (subject to hydrolysis) is 1. The van der Waals surface area contributed by atoms with Crippen LogP contribution >= 0.6 is 0 Å². The van der Waals surface area contributed by atoms with Gasteiger partial charge in [-0.05, 0) is 120 Å². The number of aromatic nitrogens is 3. The molecule has 2 saturated carbocycles. The molecular formula is C40H49N7O5. The number of hydrogen-bond donors (Lipinski definition) is 4. The molecule has 12 nitrogen and oxygen atoms in total. The number of carbonyl (C=O) groups is 4. The Labute approximate surface area is 304 Å². The molecule has 12 heteroatoms. The van der Waals surface area contributed by atoms with Crippen molar-refractivity contribution in [3.8, 4) is 11.1 Å². The third-order valence-corrected chi connectivity index (χ3v) is 10.1. The Balaban J connectivity index is 1.12. The number of amides is 4. The van der Waals surface area contributed by atoms with Gasteiger partial charge in [0.2, 0.25) is 5.91 Å². The molecule has 0 radical (unpaired) electrons. The highest BCUT2D eigenvalue weighted by molar-refractivity contribution is 6.17. The number of hydrogen-bond acceptors (Lipinski definition) is 8. The van der Waals surface area contributed by atoms with Crippen molar-refractivity contribution in [2.24, 2.45) is 17.6 Å². The lowest BCUT2D eigenvalue weighted by atomic mass is 9.81. The molecule has 2 aliphatic rings. The summed E-state index contributed by atoms with van der Waals surface area (Å²) in [5.41, 5.74) is 11.0. The number of anilines is 1. The average Bonchev–Trinajstić information content (AvgIpc) is 3.57. The highest BCUT2D eigenvalue weighted by Gasteiger charge is 2.36. The van der Waals surface area contributed by atoms with Gasteiger partial charge in [0.05, 0.1) is 23.4 Å². The van der Waals surface area contributed by atoms with E-state index in [2.05, 4.69) is 25.8 Å². The summed E-state index contributed by atoms with van der Waals surface area (Å²) < 4.78 is 5.36. The Morgan fingerprint density at radius 2 is 1.71 bits per heavy atom. The van der Waals surface area contributed by atoms with E-state index in [1.54, 1.807) is 24.4 Å². The van der Waals surface area contributed by atoms with Crippen molar-refractivity contribution < 1.29 is 23.9 Å². The van der Waals surface area contributed by atoms with E-state index >= 15 is 0 Å². The van der Waals surface area contributed by atoms with Crippen LogP contribution < -0.4 is 21.3 Å². The van der Waals surface area contributed by atoms with E-state index in [1.165, 1.54) is 4.90 Å². The van der Waals surface area contributed by atoms with Gasteiger partial charge in [-0.3, -0.25) is 19.5 Å². The van der Waals surface area contributed by atoms with Crippen molar-refractivity contribution in [3.05, 3.63) is 77.7 Å². The van der Waals surface area contributed by atoms with E-state index in [0.717, 1.165) is 59.9 Å². The van der Waals surface area contributed by atoms with E-state index < -0.39 is 23.6 Å². The first-order chi connectivity index (χ1) is 24.8. The molecule has 0 aliphatic heterocycles. The quantitative estimate of drug-likeness (QED) is 0.156. The molecule has 6 rings (SSSR count). The summed E-state index contributed by atoms with van der Waals surface area (Å²) in [5, 5.41) is 13.8. The van der Waals surface area contributed by atoms with Crippen molar-refractivity contribution in [2.75, 3.05) is 11.4 Å². The normalized spacial score (nSPS) is 18.2. The number of fused-ring (bicyclic) bond motifs is 1. The van der Waals surface area contributed by atoms with Gasteiger partial charge in [0.25, 0.3) is 11.8 Å². The molecule has 274 valence electrons. The van der Waals surface area contributed by atoms with Crippen molar-refractivity contribution in [1.29, 1.82) is 0 Å². The molecule has 0 bridgehead atoms. The monoisotopic (exact) mass is 707 g/mol. The van der Waals surface area contributed by atoms with Crippen molar-refractivity contribution in [2.45, 2.75) is 96.7 Å². The van der Waals surface area contributed by atoms with Crippen LogP contribution in [0.3, 0.4) is 0 Å². The number of ether oxygens (including phenoxy) is 1. The lowest BCUT2D eigenvalue weighted by Crippen LogP contribution is -2.50. The predicted molar refractivity (Wildman–Crippen MR) is 199 cm³/mol. The van der Waals surface area contributed by atoms with Gasteiger partial charge in [-0.15, -0.1) is 0 Å². The van der Waals surface area contributed by atoms with Gasteiger partial charge in [-0.25, -0.2) is 14.7 Å². The number of nitrogens with zero attached hydrogens (tertiary/aromatic N) is 3. The topological polar surface area (TPSA) is 172 Å². The average molecular weight is 708 g/mol. The minimum absolute atomic E-state index is 0.148. The Bertz CT molecular complexity index is 1920. The number of aryl methyl sites for hydroxylation is 1. The predicted octanol–water partition coefficient (Wildman–Crippen LogP) is 5.98. The first-order valence-corrected chi connectivity index (χ1v) is 18.3. The second-order valence-corrected chi connectivity index (χ2v) is 15.2.